The van der Waals surface area contributed by atoms with Crippen LogP contribution in [0, 0.1) is 11.8 Å². The zero-order valence-corrected chi connectivity index (χ0v) is 20.2. The number of hydrogen-bond acceptors (Lipinski definition) is 6. The summed E-state index contributed by atoms with van der Waals surface area (Å²) in [7, 11) is -1.68. The fraction of sp³-hybridized carbons (Fsp3) is 0.550. The van der Waals surface area contributed by atoms with Crippen LogP contribution in [-0.2, 0) is 22.7 Å². The molecule has 0 spiro atoms. The second-order valence-electron chi connectivity index (χ2n) is 8.90. The Labute approximate surface area is 201 Å². The molecule has 4 rings (SSSR count). The van der Waals surface area contributed by atoms with Gasteiger partial charge in [0.05, 0.1) is 11.8 Å². The number of nitrogens with one attached hydrogen (secondary N) is 2. The van der Waals surface area contributed by atoms with Crippen LogP contribution in [0.2, 0.25) is 5.02 Å². The predicted molar refractivity (Wildman–Crippen MR) is 119 cm³/mol. The molecule has 0 aromatic heterocycles. The van der Waals surface area contributed by atoms with E-state index in [2.05, 4.69) is 10.1 Å². The van der Waals surface area contributed by atoms with E-state index in [1.807, 2.05) is 5.01 Å². The van der Waals surface area contributed by atoms with Crippen LogP contribution in [0.4, 0.5) is 18.0 Å². The molecule has 0 aliphatic carbocycles. The molecule has 3 aliphatic heterocycles. The zero-order chi connectivity index (χ0) is 24.8. The second kappa shape index (κ2) is 9.28. The molecule has 3 aliphatic rings. The topological polar surface area (TPSA) is 88.2 Å². The van der Waals surface area contributed by atoms with E-state index in [1.54, 1.807) is 17.0 Å². The molecule has 3 heterocycles. The fourth-order valence-electron chi connectivity index (χ4n) is 4.70. The number of amides is 2. The summed E-state index contributed by atoms with van der Waals surface area (Å²) >= 11 is 5.94. The Kier molecular flexibility index (Phi) is 6.88. The Hall–Kier alpha value is -1.90. The van der Waals surface area contributed by atoms with Crippen LogP contribution in [-0.4, -0.2) is 80.0 Å². The summed E-state index contributed by atoms with van der Waals surface area (Å²) in [5, 5.41) is 5.30. The molecule has 2 amide bonds. The third-order valence-electron chi connectivity index (χ3n) is 6.25. The first-order valence-electron chi connectivity index (χ1n) is 10.6. The van der Waals surface area contributed by atoms with Crippen molar-refractivity contribution in [2.45, 2.75) is 18.9 Å². The Bertz CT molecular complexity index is 1070. The first kappa shape index (κ1) is 25.2. The highest BCUT2D eigenvalue weighted by molar-refractivity contribution is 7.88. The first-order valence-corrected chi connectivity index (χ1v) is 12.9. The third-order valence-corrected chi connectivity index (χ3v) is 7.16. The minimum atomic E-state index is -4.46. The van der Waals surface area contributed by atoms with Crippen LogP contribution < -0.4 is 10.1 Å². The fourth-order valence-corrected chi connectivity index (χ4v) is 5.48. The molecular formula is C20H26ClF3N6O3S. The Morgan fingerprint density at radius 2 is 1.88 bits per heavy atom. The lowest BCUT2D eigenvalue weighted by atomic mass is 10.0. The molecule has 2 N–H and O–H groups in total. The number of halogens is 4. The van der Waals surface area contributed by atoms with Crippen molar-refractivity contribution >= 4 is 27.7 Å². The van der Waals surface area contributed by atoms with Gasteiger partial charge in [0.1, 0.15) is 6.17 Å². The normalized spacial score (nSPS) is 25.6. The number of likely N-dealkylation sites (tertiary alicyclic amines) is 1. The van der Waals surface area contributed by atoms with Crippen molar-refractivity contribution in [2.75, 3.05) is 39.5 Å². The molecule has 14 heteroatoms. The molecule has 9 nitrogen and oxygen atoms in total. The number of hydrogen-bond donors (Lipinski definition) is 2. The largest absolute Gasteiger partial charge is 0.416 e. The van der Waals surface area contributed by atoms with Gasteiger partial charge in [0.25, 0.3) is 0 Å². The highest BCUT2D eigenvalue weighted by Crippen LogP contribution is 2.36. The van der Waals surface area contributed by atoms with Gasteiger partial charge in [0.2, 0.25) is 10.0 Å². The van der Waals surface area contributed by atoms with Crippen LogP contribution >= 0.6 is 11.6 Å². The van der Waals surface area contributed by atoms with E-state index >= 15 is 0 Å². The average Bonchev–Trinajstić information content (AvgIpc) is 3.39. The third kappa shape index (κ3) is 5.66. The van der Waals surface area contributed by atoms with E-state index in [0.717, 1.165) is 12.3 Å². The maximum Gasteiger partial charge on any atom is 0.416 e. The lowest BCUT2D eigenvalue weighted by Gasteiger charge is -2.31. The molecule has 1 unspecified atom stereocenters. The number of nitrogens with zero attached hydrogens (tertiary/aromatic N) is 4. The molecule has 1 aromatic carbocycles. The Morgan fingerprint density at radius 3 is 2.47 bits per heavy atom. The number of hydrazine groups is 2. The molecule has 0 saturated carbocycles. The summed E-state index contributed by atoms with van der Waals surface area (Å²) < 4.78 is 65.3. The average molecular weight is 523 g/mol. The Morgan fingerprint density at radius 1 is 1.24 bits per heavy atom. The molecule has 34 heavy (non-hydrogen) atoms. The van der Waals surface area contributed by atoms with Crippen molar-refractivity contribution in [3.8, 4) is 0 Å². The van der Waals surface area contributed by atoms with Crippen LogP contribution in [0.25, 0.3) is 0 Å². The Balaban J connectivity index is 1.32. The van der Waals surface area contributed by atoms with E-state index in [0.29, 0.717) is 26.2 Å². The standard InChI is InChI=1S/C20H26ClF3N6O3S/c1-27(8-13-7-16(21)3-4-17(13)20(22,23)24)29-11-14-9-28(10-15(14)12-29)19(31)30-6-5-18(25-30)26-34(2,32)33/h3-7,14-15,18,25-26H,8-12H2,1-2H3/t14-,15+,18?. The number of fused-ring (bicyclic) bond motifs is 1. The zero-order valence-electron chi connectivity index (χ0n) is 18.6. The van der Waals surface area contributed by atoms with E-state index in [-0.39, 0.29) is 35.0 Å². The minimum Gasteiger partial charge on any atom is -0.323 e. The maximum atomic E-state index is 13.4. The van der Waals surface area contributed by atoms with Crippen molar-refractivity contribution in [1.82, 2.24) is 30.1 Å². The summed E-state index contributed by atoms with van der Waals surface area (Å²) in [5.74, 6) is 0.369. The molecule has 0 bridgehead atoms. The van der Waals surface area contributed by atoms with Crippen LogP contribution in [0.3, 0.4) is 0 Å². The predicted octanol–water partition coefficient (Wildman–Crippen LogP) is 1.90. The number of urea groups is 1. The van der Waals surface area contributed by atoms with Crippen molar-refractivity contribution in [2.24, 2.45) is 11.8 Å². The number of carbonyl (C=O) groups excluding carboxylic acids is 1. The van der Waals surface area contributed by atoms with Gasteiger partial charge >= 0.3 is 12.2 Å². The summed E-state index contributed by atoms with van der Waals surface area (Å²) in [6, 6.07) is 3.31. The van der Waals surface area contributed by atoms with E-state index in [4.69, 9.17) is 11.6 Å². The molecule has 3 atom stereocenters. The lowest BCUT2D eigenvalue weighted by Crippen LogP contribution is -2.51. The number of carbonyl (C=O) groups is 1. The van der Waals surface area contributed by atoms with Gasteiger partial charge in [-0.15, -0.1) is 0 Å². The monoisotopic (exact) mass is 522 g/mol. The van der Waals surface area contributed by atoms with Gasteiger partial charge in [-0.1, -0.05) is 11.6 Å². The molecule has 2 saturated heterocycles. The van der Waals surface area contributed by atoms with Crippen LogP contribution in [0.5, 0.6) is 0 Å². The van der Waals surface area contributed by atoms with Crippen molar-refractivity contribution in [3.63, 3.8) is 0 Å². The van der Waals surface area contributed by atoms with Gasteiger partial charge in [-0.25, -0.2) is 33.7 Å². The minimum absolute atomic E-state index is 0.0642. The van der Waals surface area contributed by atoms with Crippen LogP contribution in [0.1, 0.15) is 11.1 Å². The molecule has 2 fully saturated rings. The number of rotatable bonds is 5. The van der Waals surface area contributed by atoms with Gasteiger partial charge in [0.15, 0.2) is 0 Å². The molecule has 0 radical (unpaired) electrons. The second-order valence-corrected chi connectivity index (χ2v) is 11.1. The summed E-state index contributed by atoms with van der Waals surface area (Å²) in [4.78, 5) is 14.5. The first-order chi connectivity index (χ1) is 15.8. The summed E-state index contributed by atoms with van der Waals surface area (Å²) in [6.45, 7) is 2.32. The van der Waals surface area contributed by atoms with Gasteiger partial charge in [-0.05, 0) is 41.7 Å². The van der Waals surface area contributed by atoms with Gasteiger partial charge in [0, 0.05) is 51.0 Å². The summed E-state index contributed by atoms with van der Waals surface area (Å²) in [6.07, 6.45) is -1.09. The molecule has 188 valence electrons. The highest BCUT2D eigenvalue weighted by Gasteiger charge is 2.44. The van der Waals surface area contributed by atoms with Gasteiger partial charge < -0.3 is 4.90 Å². The quantitative estimate of drug-likeness (QED) is 0.614. The number of alkyl halides is 3. The van der Waals surface area contributed by atoms with Crippen molar-refractivity contribution < 1.29 is 26.4 Å². The SMILES string of the molecule is CN(Cc1cc(Cl)ccc1C(F)(F)F)N1C[C@H]2CN(C(=O)N3C=CC(NS(C)(=O)=O)N3)C[C@H]2C1. The molecular weight excluding hydrogens is 497 g/mol. The van der Waals surface area contributed by atoms with Crippen molar-refractivity contribution in [1.29, 1.82) is 0 Å². The number of sulfonamides is 1. The van der Waals surface area contributed by atoms with E-state index in [1.165, 1.54) is 29.4 Å². The van der Waals surface area contributed by atoms with E-state index < -0.39 is 27.9 Å². The lowest BCUT2D eigenvalue weighted by molar-refractivity contribution is -0.138. The van der Waals surface area contributed by atoms with Crippen LogP contribution in [0.15, 0.2) is 30.5 Å². The van der Waals surface area contributed by atoms with Gasteiger partial charge in [-0.3, -0.25) is 0 Å². The maximum absolute atomic E-state index is 13.4. The molecule has 1 aromatic rings. The summed E-state index contributed by atoms with van der Waals surface area (Å²) in [5.41, 5.74) is 2.20. The van der Waals surface area contributed by atoms with Crippen molar-refractivity contribution in [3.05, 3.63) is 46.6 Å². The number of benzene rings is 1. The van der Waals surface area contributed by atoms with Gasteiger partial charge in [-0.2, -0.15) is 17.9 Å². The van der Waals surface area contributed by atoms with E-state index in [9.17, 15) is 26.4 Å². The smallest absolute Gasteiger partial charge is 0.323 e. The highest BCUT2D eigenvalue weighted by atomic mass is 35.5.